The maximum Gasteiger partial charge on any atom is 0.152 e. The first-order chi connectivity index (χ1) is 19.5. The van der Waals surface area contributed by atoms with Crippen LogP contribution >= 0.6 is 0 Å². The molecule has 0 amide bonds. The van der Waals surface area contributed by atoms with Crippen LogP contribution < -0.4 is 10.1 Å². The van der Waals surface area contributed by atoms with Gasteiger partial charge >= 0.3 is 0 Å². The van der Waals surface area contributed by atoms with Crippen LogP contribution in [-0.2, 0) is 16.4 Å². The lowest BCUT2D eigenvalue weighted by Gasteiger charge is -2.26. The van der Waals surface area contributed by atoms with Crippen LogP contribution in [0.15, 0.2) is 79.3 Å². The molecule has 3 heterocycles. The van der Waals surface area contributed by atoms with Gasteiger partial charge in [0.25, 0.3) is 0 Å². The second-order valence-corrected chi connectivity index (χ2v) is 12.4. The number of sulfone groups is 1. The van der Waals surface area contributed by atoms with Gasteiger partial charge < -0.3 is 15.0 Å². The van der Waals surface area contributed by atoms with Crippen molar-refractivity contribution in [1.82, 2.24) is 24.6 Å². The molecule has 1 fully saturated rings. The van der Waals surface area contributed by atoms with Gasteiger partial charge in [0.15, 0.2) is 9.84 Å². The highest BCUT2D eigenvalue weighted by Gasteiger charge is 2.20. The van der Waals surface area contributed by atoms with E-state index in [1.54, 1.807) is 6.33 Å². The van der Waals surface area contributed by atoms with E-state index < -0.39 is 9.84 Å². The van der Waals surface area contributed by atoms with Gasteiger partial charge in [-0.15, -0.1) is 0 Å². The molecule has 0 radical (unpaired) electrons. The summed E-state index contributed by atoms with van der Waals surface area (Å²) in [6.45, 7) is 3.48. The highest BCUT2D eigenvalue weighted by Crippen LogP contribution is 2.28. The lowest BCUT2D eigenvalue weighted by Crippen LogP contribution is -2.40. The highest BCUT2D eigenvalue weighted by atomic mass is 32.2. The highest BCUT2D eigenvalue weighted by molar-refractivity contribution is 7.91. The predicted octanol–water partition coefficient (Wildman–Crippen LogP) is 4.66. The minimum atomic E-state index is -2.83. The molecule has 1 aliphatic rings. The first kappa shape index (κ1) is 26.2. The van der Waals surface area contributed by atoms with E-state index in [1.165, 1.54) is 5.56 Å². The van der Waals surface area contributed by atoms with E-state index in [4.69, 9.17) is 4.74 Å². The summed E-state index contributed by atoms with van der Waals surface area (Å²) in [6.07, 6.45) is 5.32. The number of anilines is 2. The Balaban J connectivity index is 1.09. The lowest BCUT2D eigenvalue weighted by atomic mass is 10.2. The van der Waals surface area contributed by atoms with Crippen LogP contribution in [0.3, 0.4) is 0 Å². The summed E-state index contributed by atoms with van der Waals surface area (Å²) in [7, 11) is -2.83. The number of nitrogens with zero attached hydrogens (tertiary/aromatic N) is 5. The monoisotopic (exact) mass is 556 g/mol. The molecule has 206 valence electrons. The van der Waals surface area contributed by atoms with Gasteiger partial charge in [0.1, 0.15) is 17.9 Å². The quantitative estimate of drug-likeness (QED) is 0.248. The Morgan fingerprint density at radius 1 is 0.925 bits per heavy atom. The molecule has 1 N–H and O–H groups in total. The third-order valence-corrected chi connectivity index (χ3v) is 8.87. The van der Waals surface area contributed by atoms with Crippen molar-refractivity contribution in [1.29, 1.82) is 0 Å². The molecule has 0 saturated carbocycles. The molecule has 40 heavy (non-hydrogen) atoms. The van der Waals surface area contributed by atoms with Crippen LogP contribution in [0.25, 0.3) is 21.8 Å². The molecular weight excluding hydrogens is 524 g/mol. The fourth-order valence-corrected chi connectivity index (χ4v) is 6.29. The predicted molar refractivity (Wildman–Crippen MR) is 158 cm³/mol. The van der Waals surface area contributed by atoms with Crippen LogP contribution in [0, 0.1) is 0 Å². The molecular formula is C30H32N6O3S. The van der Waals surface area contributed by atoms with Gasteiger partial charge in [0.2, 0.25) is 0 Å². The van der Waals surface area contributed by atoms with Crippen molar-refractivity contribution in [2.24, 2.45) is 0 Å². The van der Waals surface area contributed by atoms with Crippen LogP contribution in [0.4, 0.5) is 11.5 Å². The molecule has 9 nitrogen and oxygen atoms in total. The summed E-state index contributed by atoms with van der Waals surface area (Å²) in [5, 5.41) is 9.98. The Kier molecular flexibility index (Phi) is 7.61. The molecule has 0 spiro atoms. The summed E-state index contributed by atoms with van der Waals surface area (Å²) in [5.41, 5.74) is 4.04. The number of aromatic nitrogens is 4. The molecule has 0 unspecified atom stereocenters. The summed E-state index contributed by atoms with van der Waals surface area (Å²) in [6, 6.07) is 22.4. The van der Waals surface area contributed by atoms with E-state index in [0.29, 0.717) is 25.5 Å². The first-order valence-corrected chi connectivity index (χ1v) is 15.4. The number of fused-ring (bicyclic) bond motifs is 2. The zero-order valence-corrected chi connectivity index (χ0v) is 23.1. The van der Waals surface area contributed by atoms with Gasteiger partial charge in [-0.05, 0) is 61.3 Å². The van der Waals surface area contributed by atoms with Crippen LogP contribution in [0.5, 0.6) is 5.75 Å². The lowest BCUT2D eigenvalue weighted by molar-refractivity contribution is 0.262. The number of rotatable bonds is 10. The topological polar surface area (TPSA) is 102 Å². The van der Waals surface area contributed by atoms with Crippen molar-refractivity contribution in [2.75, 3.05) is 43.1 Å². The van der Waals surface area contributed by atoms with Crippen LogP contribution in [0.1, 0.15) is 18.4 Å². The second kappa shape index (κ2) is 11.6. The molecule has 0 bridgehead atoms. The van der Waals surface area contributed by atoms with Crippen LogP contribution in [-0.4, -0.2) is 70.8 Å². The van der Waals surface area contributed by atoms with Gasteiger partial charge in [-0.1, -0.05) is 30.3 Å². The van der Waals surface area contributed by atoms with E-state index >= 15 is 0 Å². The third kappa shape index (κ3) is 6.24. The zero-order valence-electron chi connectivity index (χ0n) is 22.2. The molecule has 1 saturated heterocycles. The van der Waals surface area contributed by atoms with E-state index in [-0.39, 0.29) is 11.5 Å². The number of ether oxygens (including phenoxy) is 1. The zero-order chi connectivity index (χ0) is 27.4. The smallest absolute Gasteiger partial charge is 0.152 e. The van der Waals surface area contributed by atoms with E-state index in [0.717, 1.165) is 59.2 Å². The van der Waals surface area contributed by atoms with Gasteiger partial charge in [0.05, 0.1) is 41.9 Å². The maximum absolute atomic E-state index is 11.6. The number of benzene rings is 3. The van der Waals surface area contributed by atoms with Crippen molar-refractivity contribution >= 4 is 43.1 Å². The average Bonchev–Trinajstić information content (AvgIpc) is 3.36. The van der Waals surface area contributed by atoms with Gasteiger partial charge in [0, 0.05) is 29.5 Å². The SMILES string of the molecule is O=S1(=O)CCN(CCCCOc2ccc3ncnc(Nc4ccc5c(cnn5Cc5ccccc5)c4)c3c2)CC1. The number of nitrogens with one attached hydrogen (secondary N) is 1. The minimum absolute atomic E-state index is 0.269. The fourth-order valence-electron chi connectivity index (χ4n) is 5.01. The van der Waals surface area contributed by atoms with Crippen molar-refractivity contribution in [3.8, 4) is 5.75 Å². The maximum atomic E-state index is 11.6. The first-order valence-electron chi connectivity index (χ1n) is 13.6. The largest absolute Gasteiger partial charge is 0.494 e. The van der Waals surface area contributed by atoms with Crippen LogP contribution in [0.2, 0.25) is 0 Å². The molecule has 10 heteroatoms. The standard InChI is InChI=1S/C30H32N6O3S/c37-40(38)16-13-35(14-17-40)12-4-5-15-39-26-9-10-28-27(19-26)30(32-22-31-28)34-25-8-11-29-24(18-25)20-33-36(29)21-23-6-2-1-3-7-23/h1-3,6-11,18-20,22H,4-5,12-17,21H2,(H,31,32,34). The second-order valence-electron chi connectivity index (χ2n) is 10.1. The normalized spacial score (nSPS) is 15.4. The summed E-state index contributed by atoms with van der Waals surface area (Å²) < 4.78 is 31.2. The van der Waals surface area contributed by atoms with Gasteiger partial charge in [-0.2, -0.15) is 5.10 Å². The Hall–Kier alpha value is -4.02. The van der Waals surface area contributed by atoms with E-state index in [1.807, 2.05) is 53.3 Å². The molecule has 1 aliphatic heterocycles. The summed E-state index contributed by atoms with van der Waals surface area (Å²) in [4.78, 5) is 11.2. The van der Waals surface area contributed by atoms with Crippen molar-refractivity contribution in [3.63, 3.8) is 0 Å². The molecule has 0 atom stereocenters. The van der Waals surface area contributed by atoms with Gasteiger partial charge in [-0.3, -0.25) is 4.68 Å². The number of unbranched alkanes of at least 4 members (excludes halogenated alkanes) is 1. The van der Waals surface area contributed by atoms with E-state index in [2.05, 4.69) is 49.5 Å². The van der Waals surface area contributed by atoms with E-state index in [9.17, 15) is 8.42 Å². The Morgan fingerprint density at radius 3 is 2.62 bits per heavy atom. The fraction of sp³-hybridized carbons (Fsp3) is 0.300. The third-order valence-electron chi connectivity index (χ3n) is 7.26. The average molecular weight is 557 g/mol. The summed E-state index contributed by atoms with van der Waals surface area (Å²) in [5.74, 6) is 2.02. The minimum Gasteiger partial charge on any atom is -0.494 e. The van der Waals surface area contributed by atoms with Crippen molar-refractivity contribution in [2.45, 2.75) is 19.4 Å². The molecule has 2 aromatic heterocycles. The van der Waals surface area contributed by atoms with Crippen molar-refractivity contribution < 1.29 is 13.2 Å². The number of hydrogen-bond donors (Lipinski definition) is 1. The Morgan fingerprint density at radius 2 is 1.77 bits per heavy atom. The Labute approximate surface area is 233 Å². The number of hydrogen-bond acceptors (Lipinski definition) is 8. The summed E-state index contributed by atoms with van der Waals surface area (Å²) >= 11 is 0. The molecule has 3 aromatic carbocycles. The molecule has 0 aliphatic carbocycles. The Bertz CT molecular complexity index is 1710. The van der Waals surface area contributed by atoms with Gasteiger partial charge in [-0.25, -0.2) is 18.4 Å². The van der Waals surface area contributed by atoms with Crippen molar-refractivity contribution in [3.05, 3.63) is 84.8 Å². The molecule has 5 aromatic rings. The molecule has 6 rings (SSSR count).